The first-order valence-corrected chi connectivity index (χ1v) is 23.3. The molecule has 8 nitrogen and oxygen atoms in total. The van der Waals surface area contributed by atoms with Crippen LogP contribution in [0.25, 0.3) is 0 Å². The maximum atomic E-state index is 10.3. The summed E-state index contributed by atoms with van der Waals surface area (Å²) in [5.41, 5.74) is 2.48. The molecule has 0 saturated carbocycles. The number of hydrogen-bond acceptors (Lipinski definition) is 8. The minimum Gasteiger partial charge on any atom is -0.550 e. The molecule has 0 radical (unpaired) electrons. The predicted molar refractivity (Wildman–Crippen MR) is 238 cm³/mol. The molecule has 2 rings (SSSR count). The Morgan fingerprint density at radius 2 is 0.729 bits per heavy atom. The van der Waals surface area contributed by atoms with E-state index >= 15 is 0 Å². The third-order valence-corrected chi connectivity index (χ3v) is 11.0. The van der Waals surface area contributed by atoms with Crippen molar-refractivity contribution in [3.05, 3.63) is 71.8 Å². The van der Waals surface area contributed by atoms with Crippen molar-refractivity contribution in [1.82, 2.24) is 0 Å². The van der Waals surface area contributed by atoms with E-state index < -0.39 is 11.9 Å². The van der Waals surface area contributed by atoms with Crippen molar-refractivity contribution in [2.45, 2.75) is 231 Å². The molecule has 2 N–H and O–H groups in total. The van der Waals surface area contributed by atoms with Crippen LogP contribution in [0.4, 0.5) is 0 Å². The molecule has 0 aliphatic carbocycles. The van der Waals surface area contributed by atoms with Crippen molar-refractivity contribution in [2.24, 2.45) is 0 Å². The average molecular weight is 949 g/mol. The summed E-state index contributed by atoms with van der Waals surface area (Å²) in [4.78, 5) is 20.7. The first-order chi connectivity index (χ1) is 28.2. The fraction of sp³-hybridized carbons (Fsp3) is 0.720. The molecule has 2 aromatic rings. The molecule has 0 bridgehead atoms. The zero-order valence-electron chi connectivity index (χ0n) is 37.3. The molecule has 0 amide bonds. The van der Waals surface area contributed by atoms with Gasteiger partial charge in [-0.25, -0.2) is 0 Å². The second kappa shape index (κ2) is 42.1. The molecule has 0 aromatic heterocycles. The summed E-state index contributed by atoms with van der Waals surface area (Å²) in [6.07, 6.45) is 27.5. The van der Waals surface area contributed by atoms with Gasteiger partial charge in [0.15, 0.2) is 0 Å². The number of aliphatic hydroxyl groups excluding tert-OH is 2. The largest absolute Gasteiger partial charge is 2.00 e. The van der Waals surface area contributed by atoms with Crippen LogP contribution in [0, 0.1) is 0 Å². The maximum absolute atomic E-state index is 10.3. The molecule has 0 heterocycles. The van der Waals surface area contributed by atoms with Crippen LogP contribution in [0.3, 0.4) is 0 Å². The third-order valence-electron chi connectivity index (χ3n) is 11.0. The summed E-state index contributed by atoms with van der Waals surface area (Å²) >= 11 is 0. The second-order valence-electron chi connectivity index (χ2n) is 16.3. The van der Waals surface area contributed by atoms with Gasteiger partial charge in [-0.05, 0) is 88.2 Å². The van der Waals surface area contributed by atoms with Gasteiger partial charge in [-0.15, -0.1) is 0 Å². The van der Waals surface area contributed by atoms with E-state index in [4.69, 9.17) is 9.47 Å². The fourth-order valence-electron chi connectivity index (χ4n) is 7.25. The molecule has 332 valence electrons. The first kappa shape index (κ1) is 57.8. The normalized spacial score (nSPS) is 13.1. The van der Waals surface area contributed by atoms with E-state index in [-0.39, 0.29) is 73.9 Å². The van der Waals surface area contributed by atoms with Gasteiger partial charge in [0.1, 0.15) is 0 Å². The summed E-state index contributed by atoms with van der Waals surface area (Å²) < 4.78 is 12.1. The van der Waals surface area contributed by atoms with Crippen molar-refractivity contribution in [1.29, 1.82) is 0 Å². The number of carboxylic acid groups (broad SMARTS) is 2. The Bertz CT molecular complexity index is 1110. The van der Waals surface area contributed by atoms with Gasteiger partial charge in [-0.1, -0.05) is 177 Å². The van der Waals surface area contributed by atoms with Crippen LogP contribution in [0.15, 0.2) is 60.7 Å². The van der Waals surface area contributed by atoms with Crippen molar-refractivity contribution in [3.8, 4) is 0 Å². The summed E-state index contributed by atoms with van der Waals surface area (Å²) in [6, 6.07) is 20.7. The number of benzene rings is 2. The first-order valence-electron chi connectivity index (χ1n) is 23.3. The van der Waals surface area contributed by atoms with Crippen LogP contribution < -0.4 is 10.2 Å². The number of carbonyl (C=O) groups is 2. The van der Waals surface area contributed by atoms with Crippen LogP contribution >= 0.6 is 0 Å². The van der Waals surface area contributed by atoms with E-state index in [1.165, 1.54) is 62.5 Å². The number of ether oxygens (including phenoxy) is 2. The minimum absolute atomic E-state index is 0. The van der Waals surface area contributed by atoms with Gasteiger partial charge in [0, 0.05) is 11.9 Å². The zero-order chi connectivity index (χ0) is 42.3. The third kappa shape index (κ3) is 38.2. The van der Waals surface area contributed by atoms with E-state index in [2.05, 4.69) is 62.4 Å². The molecular weight excluding hydrogens is 866 g/mol. The van der Waals surface area contributed by atoms with E-state index in [1.54, 1.807) is 0 Å². The van der Waals surface area contributed by atoms with E-state index in [9.17, 15) is 30.0 Å². The van der Waals surface area contributed by atoms with Gasteiger partial charge in [0.25, 0.3) is 0 Å². The number of rotatable bonds is 38. The molecule has 0 spiro atoms. The Hall–Kier alpha value is -1.21. The van der Waals surface area contributed by atoms with E-state index in [0.717, 1.165) is 103 Å². The minimum atomic E-state index is -0.963. The van der Waals surface area contributed by atoms with Crippen molar-refractivity contribution < 1.29 is 39.5 Å². The van der Waals surface area contributed by atoms with Crippen LogP contribution in [0.1, 0.15) is 205 Å². The Labute approximate surface area is 400 Å². The number of aliphatic carboxylic acids is 2. The zero-order valence-corrected chi connectivity index (χ0v) is 41.8. The van der Waals surface area contributed by atoms with Crippen molar-refractivity contribution >= 4 is 60.8 Å². The van der Waals surface area contributed by atoms with Gasteiger partial charge >= 0.3 is 48.9 Å². The molecule has 0 saturated heterocycles. The molecule has 4 unspecified atom stereocenters. The van der Waals surface area contributed by atoms with Crippen LogP contribution in [0.5, 0.6) is 0 Å². The topological polar surface area (TPSA) is 139 Å². The Morgan fingerprint density at radius 1 is 0.458 bits per heavy atom. The van der Waals surface area contributed by atoms with Gasteiger partial charge in [-0.2, -0.15) is 0 Å². The summed E-state index contributed by atoms with van der Waals surface area (Å²) in [7, 11) is 0. The van der Waals surface area contributed by atoms with Crippen LogP contribution in [0.2, 0.25) is 0 Å². The number of carboxylic acids is 2. The van der Waals surface area contributed by atoms with Gasteiger partial charge in [0.05, 0.1) is 37.6 Å². The molecule has 9 heteroatoms. The number of aliphatic hydroxyl groups is 2. The Kier molecular flexibility index (Phi) is 41.2. The molecule has 0 aliphatic heterocycles. The second-order valence-corrected chi connectivity index (χ2v) is 16.3. The van der Waals surface area contributed by atoms with Gasteiger partial charge < -0.3 is 39.5 Å². The quantitative estimate of drug-likeness (QED) is 0.0501. The standard InChI is InChI=1S/2C25H42O4.Ba/c2*1-2-24(29-21-22-15-9-8-10-16-22)19-13-5-3-4-11-17-23(26)18-12-6-7-14-20-25(27)28;/h2*8-10,15-16,23-24,26H,2-7,11-14,17-21H2,1H3,(H,27,28);/q;;+2/p-2. The van der Waals surface area contributed by atoms with Crippen LogP contribution in [-0.4, -0.2) is 95.4 Å². The molecule has 0 aliphatic rings. The number of carbonyl (C=O) groups excluding carboxylic acids is 2. The predicted octanol–water partition coefficient (Wildman–Crippen LogP) is 9.95. The van der Waals surface area contributed by atoms with Crippen molar-refractivity contribution in [2.75, 3.05) is 0 Å². The van der Waals surface area contributed by atoms with Crippen LogP contribution in [-0.2, 0) is 32.3 Å². The van der Waals surface area contributed by atoms with Crippen molar-refractivity contribution in [3.63, 3.8) is 0 Å². The van der Waals surface area contributed by atoms with E-state index in [0.29, 0.717) is 38.3 Å². The smallest absolute Gasteiger partial charge is 0.550 e. The van der Waals surface area contributed by atoms with E-state index in [1.807, 2.05) is 12.1 Å². The fourth-order valence-corrected chi connectivity index (χ4v) is 7.25. The molecule has 0 fully saturated rings. The summed E-state index contributed by atoms with van der Waals surface area (Å²) in [6.45, 7) is 5.79. The molecule has 59 heavy (non-hydrogen) atoms. The number of unbranched alkanes of at least 4 members (excludes halogenated alkanes) is 14. The van der Waals surface area contributed by atoms with Gasteiger partial charge in [0.2, 0.25) is 0 Å². The van der Waals surface area contributed by atoms with Gasteiger partial charge in [-0.3, -0.25) is 0 Å². The molecule has 2 aromatic carbocycles. The summed E-state index contributed by atoms with van der Waals surface area (Å²) in [5, 5.41) is 40.7. The molecule has 4 atom stereocenters. The molecular formula is C50H82BaO8. The summed E-state index contributed by atoms with van der Waals surface area (Å²) in [5.74, 6) is -1.93. The number of hydrogen-bond donors (Lipinski definition) is 2. The average Bonchev–Trinajstić information content (AvgIpc) is 3.22. The monoisotopic (exact) mass is 949 g/mol. The SMILES string of the molecule is CCC(CCCCCCCC(O)CCCCCCC(=O)[O-])OCc1ccccc1.CCC(CCCCCCCC(O)CCCCCCC(=O)[O-])OCc1ccccc1.[Ba+2]. The Balaban J connectivity index is 0.00000112. The Morgan fingerprint density at radius 3 is 1.02 bits per heavy atom. The maximum Gasteiger partial charge on any atom is 2.00 e.